The lowest BCUT2D eigenvalue weighted by molar-refractivity contribution is 0.102. The Morgan fingerprint density at radius 1 is 1.15 bits per heavy atom. The highest BCUT2D eigenvalue weighted by molar-refractivity contribution is 7.45. The SMILES string of the molecule is C/C=C1/N=CC(NC(C)c2cccc(NC(=O)c3cnc([B]C(C)C)c(C)c3)c2)P/C1=C\CC(C)C.CCC. The fourth-order valence-electron chi connectivity index (χ4n) is 3.99. The molecule has 0 fully saturated rings. The summed E-state index contributed by atoms with van der Waals surface area (Å²) < 4.78 is 0. The molecular formula is C32H47BN4OP. The molecule has 3 rings (SSSR count). The molecule has 0 saturated heterocycles. The van der Waals surface area contributed by atoms with E-state index in [2.05, 4.69) is 89.6 Å². The molecule has 7 heteroatoms. The normalized spacial score (nSPS) is 18.4. The lowest BCUT2D eigenvalue weighted by atomic mass is 9.62. The number of amides is 1. The van der Waals surface area contributed by atoms with E-state index in [1.54, 1.807) is 6.20 Å². The number of nitrogens with one attached hydrogen (secondary N) is 2. The van der Waals surface area contributed by atoms with Crippen molar-refractivity contribution in [2.75, 3.05) is 5.32 Å². The molecule has 1 aliphatic heterocycles. The number of nitrogens with zero attached hydrogens (tertiary/aromatic N) is 2. The number of carbonyl (C=O) groups excluding carboxylic acids is 1. The van der Waals surface area contributed by atoms with Crippen LogP contribution in [0.15, 0.2) is 64.7 Å². The van der Waals surface area contributed by atoms with Crippen molar-refractivity contribution in [3.63, 3.8) is 0 Å². The van der Waals surface area contributed by atoms with Gasteiger partial charge in [0.1, 0.15) is 0 Å². The molecule has 1 aromatic heterocycles. The van der Waals surface area contributed by atoms with Crippen molar-refractivity contribution in [2.45, 2.75) is 92.8 Å². The van der Waals surface area contributed by atoms with Crippen molar-refractivity contribution in [1.29, 1.82) is 0 Å². The zero-order valence-electron chi connectivity index (χ0n) is 25.3. The molecule has 2 N–H and O–H groups in total. The summed E-state index contributed by atoms with van der Waals surface area (Å²) in [6.07, 6.45) is 10.4. The molecule has 3 unspecified atom stereocenters. The van der Waals surface area contributed by atoms with Crippen molar-refractivity contribution in [3.8, 4) is 0 Å². The minimum atomic E-state index is -0.154. The summed E-state index contributed by atoms with van der Waals surface area (Å²) in [6.45, 7) is 19.2. The van der Waals surface area contributed by atoms with Gasteiger partial charge in [-0.3, -0.25) is 20.1 Å². The van der Waals surface area contributed by atoms with Crippen LogP contribution in [0, 0.1) is 12.8 Å². The predicted octanol–water partition coefficient (Wildman–Crippen LogP) is 7.79. The van der Waals surface area contributed by atoms with Crippen molar-refractivity contribution in [2.24, 2.45) is 10.9 Å². The van der Waals surface area contributed by atoms with Crippen LogP contribution in [-0.2, 0) is 0 Å². The fraction of sp³-hybridized carbons (Fsp3) is 0.469. The standard InChI is InChI=1S/C29H39BN4OP.C3H8/c1-8-25-26(13-12-18(2)3)36-27(17-31-25)33-21(7)22-10-9-11-24(15-22)34-29(35)23-14-20(6)28(32-16-23)30-19(4)5;1-3-2/h8-11,13-19,21,27,33,36H,12H2,1-7H3,(H,34,35);3H2,1-2H3/b25-8+,26-13-;. The highest BCUT2D eigenvalue weighted by Crippen LogP contribution is 2.39. The number of rotatable bonds is 9. The average Bonchev–Trinajstić information content (AvgIpc) is 2.89. The number of aliphatic imine (C=N–C) groups is 1. The van der Waals surface area contributed by atoms with Gasteiger partial charge in [0.15, 0.2) is 7.28 Å². The molecule has 1 radical (unpaired) electrons. The van der Waals surface area contributed by atoms with Crippen LogP contribution in [0.25, 0.3) is 0 Å². The maximum atomic E-state index is 12.9. The van der Waals surface area contributed by atoms with Crippen molar-refractivity contribution >= 4 is 39.3 Å². The second-order valence-electron chi connectivity index (χ2n) is 10.8. The largest absolute Gasteiger partial charge is 0.322 e. The second-order valence-corrected chi connectivity index (χ2v) is 12.3. The van der Waals surface area contributed by atoms with Crippen LogP contribution in [-0.4, -0.2) is 30.2 Å². The van der Waals surface area contributed by atoms with E-state index in [0.29, 0.717) is 25.9 Å². The third-order valence-electron chi connectivity index (χ3n) is 5.96. The van der Waals surface area contributed by atoms with Crippen LogP contribution >= 0.6 is 8.58 Å². The molecule has 209 valence electrons. The van der Waals surface area contributed by atoms with Gasteiger partial charge in [0.2, 0.25) is 0 Å². The van der Waals surface area contributed by atoms with Gasteiger partial charge in [-0.15, -0.1) is 0 Å². The molecule has 0 spiro atoms. The van der Waals surface area contributed by atoms with Gasteiger partial charge in [0, 0.05) is 24.1 Å². The number of benzene rings is 1. The van der Waals surface area contributed by atoms with Crippen LogP contribution in [0.4, 0.5) is 5.69 Å². The molecule has 1 aliphatic rings. The summed E-state index contributed by atoms with van der Waals surface area (Å²) in [6, 6.07) is 10.0. The van der Waals surface area contributed by atoms with E-state index in [1.807, 2.05) is 44.3 Å². The Bertz CT molecular complexity index is 1170. The molecule has 5 nitrogen and oxygen atoms in total. The molecule has 3 atom stereocenters. The Hall–Kier alpha value is -2.56. The first-order valence-electron chi connectivity index (χ1n) is 14.2. The van der Waals surface area contributed by atoms with Crippen LogP contribution in [0.3, 0.4) is 0 Å². The fourth-order valence-corrected chi connectivity index (χ4v) is 5.40. The molecule has 2 aromatic rings. The van der Waals surface area contributed by atoms with E-state index < -0.39 is 0 Å². The summed E-state index contributed by atoms with van der Waals surface area (Å²) in [5, 5.41) is 8.08. The topological polar surface area (TPSA) is 66.4 Å². The molecular weight excluding hydrogens is 498 g/mol. The summed E-state index contributed by atoms with van der Waals surface area (Å²) in [5.74, 6) is 1.07. The van der Waals surface area contributed by atoms with Crippen molar-refractivity contribution < 1.29 is 4.79 Å². The Morgan fingerprint density at radius 2 is 1.87 bits per heavy atom. The van der Waals surface area contributed by atoms with Crippen molar-refractivity contribution in [3.05, 3.63) is 76.4 Å². The van der Waals surface area contributed by atoms with E-state index in [4.69, 9.17) is 4.99 Å². The number of pyridine rings is 1. The molecule has 0 bridgehead atoms. The van der Waals surface area contributed by atoms with Gasteiger partial charge < -0.3 is 5.32 Å². The lowest BCUT2D eigenvalue weighted by Crippen LogP contribution is -2.30. The van der Waals surface area contributed by atoms with Crippen LogP contribution in [0.5, 0.6) is 0 Å². The number of hydrogen-bond acceptors (Lipinski definition) is 4. The van der Waals surface area contributed by atoms with E-state index in [-0.39, 0.29) is 17.7 Å². The lowest BCUT2D eigenvalue weighted by Gasteiger charge is -2.26. The number of aryl methyl sites for hydroxylation is 1. The number of allylic oxidation sites excluding steroid dienone is 3. The molecule has 1 amide bonds. The number of aromatic nitrogens is 1. The second kappa shape index (κ2) is 16.5. The first-order valence-corrected chi connectivity index (χ1v) is 15.3. The van der Waals surface area contributed by atoms with E-state index >= 15 is 0 Å². The van der Waals surface area contributed by atoms with Gasteiger partial charge in [0.05, 0.1) is 17.0 Å². The molecule has 0 saturated carbocycles. The maximum absolute atomic E-state index is 12.9. The smallest absolute Gasteiger partial charge is 0.257 e. The molecule has 2 heterocycles. The molecule has 0 aliphatic carbocycles. The van der Waals surface area contributed by atoms with Gasteiger partial charge in [-0.05, 0) is 73.3 Å². The maximum Gasteiger partial charge on any atom is 0.257 e. The zero-order chi connectivity index (χ0) is 28.9. The van der Waals surface area contributed by atoms with Gasteiger partial charge in [0.25, 0.3) is 5.91 Å². The molecule has 39 heavy (non-hydrogen) atoms. The number of hydrogen-bond donors (Lipinski definition) is 2. The van der Waals surface area contributed by atoms with E-state index in [9.17, 15) is 4.79 Å². The predicted molar refractivity (Wildman–Crippen MR) is 173 cm³/mol. The summed E-state index contributed by atoms with van der Waals surface area (Å²) in [4.78, 5) is 22.1. The minimum Gasteiger partial charge on any atom is -0.322 e. The van der Waals surface area contributed by atoms with Gasteiger partial charge in [-0.25, -0.2) is 0 Å². The third-order valence-corrected chi connectivity index (χ3v) is 7.36. The minimum absolute atomic E-state index is 0.110. The average molecular weight is 546 g/mol. The van der Waals surface area contributed by atoms with Crippen LogP contribution in [0.2, 0.25) is 5.82 Å². The third kappa shape index (κ3) is 10.9. The van der Waals surface area contributed by atoms with Crippen LogP contribution in [0.1, 0.15) is 95.8 Å². The van der Waals surface area contributed by atoms with Crippen molar-refractivity contribution in [1.82, 2.24) is 10.3 Å². The Kier molecular flexibility index (Phi) is 13.8. The highest BCUT2D eigenvalue weighted by Gasteiger charge is 2.19. The van der Waals surface area contributed by atoms with Crippen LogP contribution < -0.4 is 16.2 Å². The Balaban J connectivity index is 0.00000170. The molecule has 1 aromatic carbocycles. The highest BCUT2D eigenvalue weighted by atomic mass is 31.1. The monoisotopic (exact) mass is 545 g/mol. The summed E-state index contributed by atoms with van der Waals surface area (Å²) in [5.41, 5.74) is 5.47. The Labute approximate surface area is 239 Å². The number of anilines is 1. The number of carbonyl (C=O) groups is 1. The summed E-state index contributed by atoms with van der Waals surface area (Å²) >= 11 is 0. The summed E-state index contributed by atoms with van der Waals surface area (Å²) in [7, 11) is 2.74. The van der Waals surface area contributed by atoms with E-state index in [1.165, 1.54) is 11.7 Å². The zero-order valence-corrected chi connectivity index (χ0v) is 26.3. The van der Waals surface area contributed by atoms with Gasteiger partial charge in [-0.2, -0.15) is 0 Å². The quantitative estimate of drug-likeness (QED) is 0.250. The van der Waals surface area contributed by atoms with Gasteiger partial charge >= 0.3 is 0 Å². The Morgan fingerprint density at radius 3 is 2.49 bits per heavy atom. The first kappa shape index (κ1) is 32.7. The van der Waals surface area contributed by atoms with Gasteiger partial charge in [-0.1, -0.05) is 86.6 Å². The first-order chi connectivity index (χ1) is 18.6. The van der Waals surface area contributed by atoms with E-state index in [0.717, 1.165) is 34.5 Å².